The van der Waals surface area contributed by atoms with E-state index in [2.05, 4.69) is 41.5 Å². The lowest BCUT2D eigenvalue weighted by Gasteiger charge is -2.26. The van der Waals surface area contributed by atoms with Gasteiger partial charge in [-0.3, -0.25) is 0 Å². The number of nitrogens with two attached hydrogens (primary N) is 1. The minimum atomic E-state index is -0.243. The number of hydrogen-bond acceptors (Lipinski definition) is 6. The van der Waals surface area contributed by atoms with Gasteiger partial charge in [-0.1, -0.05) is 6.92 Å². The van der Waals surface area contributed by atoms with Crippen LogP contribution < -0.4 is 16.6 Å². The van der Waals surface area contributed by atoms with Gasteiger partial charge in [-0.15, -0.1) is 0 Å². The van der Waals surface area contributed by atoms with Gasteiger partial charge in [0.05, 0.1) is 5.60 Å². The Kier molecular flexibility index (Phi) is 6.16. The highest BCUT2D eigenvalue weighted by Crippen LogP contribution is 2.21. The molecule has 0 fully saturated rings. The summed E-state index contributed by atoms with van der Waals surface area (Å²) in [7, 11) is 0. The quantitative estimate of drug-likeness (QED) is 0.500. The number of nitrogens with one attached hydrogen (secondary N) is 2. The second-order valence-corrected chi connectivity index (χ2v) is 5.40. The third kappa shape index (κ3) is 4.61. The molecule has 20 heavy (non-hydrogen) atoms. The highest BCUT2D eigenvalue weighted by Gasteiger charge is 2.19. The molecule has 0 saturated heterocycles. The Labute approximate surface area is 121 Å². The summed E-state index contributed by atoms with van der Waals surface area (Å²) in [6.07, 6.45) is 1.83. The number of nitrogen functional groups attached to an aromatic ring is 1. The van der Waals surface area contributed by atoms with Crippen molar-refractivity contribution in [1.82, 2.24) is 9.97 Å². The smallest absolute Gasteiger partial charge is 0.148 e. The number of ether oxygens (including phenoxy) is 1. The molecule has 0 aromatic carbocycles. The van der Waals surface area contributed by atoms with E-state index in [0.29, 0.717) is 19.0 Å². The summed E-state index contributed by atoms with van der Waals surface area (Å²) in [4.78, 5) is 8.96. The average Bonchev–Trinajstić information content (AvgIpc) is 2.39. The van der Waals surface area contributed by atoms with Crippen molar-refractivity contribution >= 4 is 11.6 Å². The minimum absolute atomic E-state index is 0.243. The fourth-order valence-electron chi connectivity index (χ4n) is 1.95. The number of anilines is 2. The molecule has 114 valence electrons. The molecule has 6 heteroatoms. The van der Waals surface area contributed by atoms with E-state index < -0.39 is 0 Å². The summed E-state index contributed by atoms with van der Waals surface area (Å²) in [5.41, 5.74) is 3.31. The van der Waals surface area contributed by atoms with Crippen molar-refractivity contribution in [2.45, 2.75) is 53.1 Å². The fourth-order valence-corrected chi connectivity index (χ4v) is 1.95. The number of aromatic nitrogens is 2. The maximum atomic E-state index is 5.68. The van der Waals surface area contributed by atoms with Crippen LogP contribution in [-0.4, -0.2) is 28.7 Å². The second-order valence-electron chi connectivity index (χ2n) is 5.40. The van der Waals surface area contributed by atoms with Gasteiger partial charge in [0.1, 0.15) is 17.5 Å². The van der Waals surface area contributed by atoms with Gasteiger partial charge in [0.2, 0.25) is 0 Å². The minimum Gasteiger partial charge on any atom is -0.374 e. The van der Waals surface area contributed by atoms with Crippen LogP contribution in [0, 0.1) is 6.92 Å². The summed E-state index contributed by atoms with van der Waals surface area (Å²) in [6.45, 7) is 11.5. The third-order valence-electron chi connectivity index (χ3n) is 3.02. The molecule has 1 heterocycles. The molecule has 0 amide bonds. The molecule has 0 aliphatic rings. The van der Waals surface area contributed by atoms with Gasteiger partial charge in [-0.2, -0.15) is 0 Å². The molecule has 0 saturated carbocycles. The van der Waals surface area contributed by atoms with Gasteiger partial charge in [-0.05, 0) is 34.1 Å². The van der Waals surface area contributed by atoms with E-state index in [-0.39, 0.29) is 5.60 Å². The van der Waals surface area contributed by atoms with Crippen LogP contribution in [0.3, 0.4) is 0 Å². The zero-order valence-electron chi connectivity index (χ0n) is 13.2. The molecule has 1 aromatic rings. The first-order chi connectivity index (χ1) is 9.43. The van der Waals surface area contributed by atoms with Crippen molar-refractivity contribution in [3.8, 4) is 0 Å². The summed E-state index contributed by atoms with van der Waals surface area (Å²) >= 11 is 0. The lowest BCUT2D eigenvalue weighted by atomic mass is 10.1. The van der Waals surface area contributed by atoms with Crippen LogP contribution in [0.2, 0.25) is 0 Å². The van der Waals surface area contributed by atoms with Crippen molar-refractivity contribution in [3.05, 3.63) is 11.4 Å². The molecule has 0 aliphatic heterocycles. The Morgan fingerprint density at radius 3 is 2.40 bits per heavy atom. The first kappa shape index (κ1) is 16.7. The van der Waals surface area contributed by atoms with Crippen LogP contribution in [0.15, 0.2) is 0 Å². The standard InChI is InChI=1S/C14H27N5O/c1-6-8-11-17-12(10(3)13(18-11)19-15)16-9-14(4,5)20-7-2/h6-9,15H2,1-5H3,(H2,16,17,18,19). The van der Waals surface area contributed by atoms with Crippen LogP contribution in [-0.2, 0) is 11.2 Å². The Morgan fingerprint density at radius 2 is 1.85 bits per heavy atom. The van der Waals surface area contributed by atoms with Gasteiger partial charge in [0, 0.05) is 25.1 Å². The highest BCUT2D eigenvalue weighted by atomic mass is 16.5. The molecular weight excluding hydrogens is 254 g/mol. The van der Waals surface area contributed by atoms with Gasteiger partial charge in [0.25, 0.3) is 0 Å². The van der Waals surface area contributed by atoms with Gasteiger partial charge < -0.3 is 15.5 Å². The molecule has 0 radical (unpaired) electrons. The van der Waals surface area contributed by atoms with Gasteiger partial charge in [-0.25, -0.2) is 15.8 Å². The van der Waals surface area contributed by atoms with Crippen molar-refractivity contribution < 1.29 is 4.74 Å². The molecule has 6 nitrogen and oxygen atoms in total. The van der Waals surface area contributed by atoms with E-state index in [0.717, 1.165) is 30.0 Å². The van der Waals surface area contributed by atoms with E-state index in [1.54, 1.807) is 0 Å². The van der Waals surface area contributed by atoms with E-state index in [9.17, 15) is 0 Å². The Bertz CT molecular complexity index is 434. The molecule has 0 aliphatic carbocycles. The number of hydrogen-bond donors (Lipinski definition) is 3. The normalized spacial score (nSPS) is 11.5. The van der Waals surface area contributed by atoms with E-state index in [1.807, 2.05) is 13.8 Å². The number of aryl methyl sites for hydroxylation is 1. The SMILES string of the molecule is CCCc1nc(NN)c(C)c(NCC(C)(C)OCC)n1. The maximum Gasteiger partial charge on any atom is 0.148 e. The van der Waals surface area contributed by atoms with Crippen LogP contribution in [0.5, 0.6) is 0 Å². The zero-order chi connectivity index (χ0) is 15.2. The maximum absolute atomic E-state index is 5.68. The molecule has 0 atom stereocenters. The van der Waals surface area contributed by atoms with Crippen LogP contribution >= 0.6 is 0 Å². The van der Waals surface area contributed by atoms with Gasteiger partial charge >= 0.3 is 0 Å². The second kappa shape index (κ2) is 7.40. The number of hydrazine groups is 1. The largest absolute Gasteiger partial charge is 0.374 e. The van der Waals surface area contributed by atoms with Crippen molar-refractivity contribution in [3.63, 3.8) is 0 Å². The molecule has 0 bridgehead atoms. The van der Waals surface area contributed by atoms with E-state index in [4.69, 9.17) is 10.6 Å². The molecule has 1 rings (SSSR count). The molecular formula is C14H27N5O. The number of rotatable bonds is 8. The predicted molar refractivity (Wildman–Crippen MR) is 82.8 cm³/mol. The Morgan fingerprint density at radius 1 is 1.20 bits per heavy atom. The summed E-state index contributed by atoms with van der Waals surface area (Å²) in [5, 5.41) is 3.34. The summed E-state index contributed by atoms with van der Waals surface area (Å²) in [6, 6.07) is 0. The Hall–Kier alpha value is -1.40. The fraction of sp³-hybridized carbons (Fsp3) is 0.714. The predicted octanol–water partition coefficient (Wildman–Crippen LogP) is 2.25. The summed E-state index contributed by atoms with van der Waals surface area (Å²) in [5.74, 6) is 7.79. The first-order valence-corrected chi connectivity index (χ1v) is 7.15. The lowest BCUT2D eigenvalue weighted by Crippen LogP contribution is -2.34. The lowest BCUT2D eigenvalue weighted by molar-refractivity contribution is 0.000631. The molecule has 0 unspecified atom stereocenters. The third-order valence-corrected chi connectivity index (χ3v) is 3.02. The van der Waals surface area contributed by atoms with Crippen LogP contribution in [0.1, 0.15) is 45.5 Å². The zero-order valence-corrected chi connectivity index (χ0v) is 13.2. The monoisotopic (exact) mass is 281 g/mol. The number of nitrogens with zero attached hydrogens (tertiary/aromatic N) is 2. The van der Waals surface area contributed by atoms with Crippen molar-refractivity contribution in [1.29, 1.82) is 0 Å². The van der Waals surface area contributed by atoms with Gasteiger partial charge in [0.15, 0.2) is 0 Å². The van der Waals surface area contributed by atoms with E-state index >= 15 is 0 Å². The highest BCUT2D eigenvalue weighted by molar-refractivity contribution is 5.56. The topological polar surface area (TPSA) is 85.1 Å². The molecule has 4 N–H and O–H groups in total. The molecule has 0 spiro atoms. The van der Waals surface area contributed by atoms with Crippen LogP contribution in [0.25, 0.3) is 0 Å². The summed E-state index contributed by atoms with van der Waals surface area (Å²) < 4.78 is 5.68. The first-order valence-electron chi connectivity index (χ1n) is 7.15. The van der Waals surface area contributed by atoms with E-state index in [1.165, 1.54) is 0 Å². The van der Waals surface area contributed by atoms with Crippen molar-refractivity contribution in [2.24, 2.45) is 5.84 Å². The Balaban J connectivity index is 2.90. The molecule has 1 aromatic heterocycles. The van der Waals surface area contributed by atoms with Crippen molar-refractivity contribution in [2.75, 3.05) is 23.9 Å². The average molecular weight is 281 g/mol. The van der Waals surface area contributed by atoms with Crippen LogP contribution in [0.4, 0.5) is 11.6 Å².